The number of hydrogen-bond donors (Lipinski definition) is 0. The Labute approximate surface area is 105 Å². The molecule has 0 amide bonds. The highest BCUT2D eigenvalue weighted by Gasteiger charge is 2.09. The molecular formula is C17H22. The van der Waals surface area contributed by atoms with Gasteiger partial charge in [-0.2, -0.15) is 0 Å². The zero-order valence-electron chi connectivity index (χ0n) is 11.3. The van der Waals surface area contributed by atoms with Crippen LogP contribution in [0, 0.1) is 5.92 Å². The average Bonchev–Trinajstić information content (AvgIpc) is 2.49. The lowest BCUT2D eigenvalue weighted by atomic mass is 9.95. The summed E-state index contributed by atoms with van der Waals surface area (Å²) < 4.78 is 0. The summed E-state index contributed by atoms with van der Waals surface area (Å²) in [6.07, 6.45) is 8.01. The number of fused-ring (bicyclic) bond motifs is 1. The Kier molecular flexibility index (Phi) is 3.51. The second-order valence-corrected chi connectivity index (χ2v) is 5.52. The normalized spacial score (nSPS) is 14.8. The molecule has 0 saturated carbocycles. The van der Waals surface area contributed by atoms with Crippen LogP contribution in [-0.2, 0) is 0 Å². The molecule has 0 heterocycles. The van der Waals surface area contributed by atoms with E-state index in [1.54, 1.807) is 0 Å². The second kappa shape index (κ2) is 4.91. The van der Waals surface area contributed by atoms with Crippen LogP contribution in [0.15, 0.2) is 29.8 Å². The summed E-state index contributed by atoms with van der Waals surface area (Å²) in [5, 5.41) is 0. The first-order valence-corrected chi connectivity index (χ1v) is 6.59. The smallest absolute Gasteiger partial charge is 0.0130 e. The molecule has 0 fully saturated rings. The van der Waals surface area contributed by atoms with Gasteiger partial charge in [0, 0.05) is 0 Å². The van der Waals surface area contributed by atoms with Crippen LogP contribution in [0.2, 0.25) is 0 Å². The molecule has 0 nitrogen and oxygen atoms in total. The number of rotatable bonds is 2. The van der Waals surface area contributed by atoms with E-state index in [0.29, 0.717) is 11.8 Å². The Balaban J connectivity index is 2.48. The van der Waals surface area contributed by atoms with Crippen LogP contribution in [0.3, 0.4) is 0 Å². The first kappa shape index (κ1) is 12.2. The van der Waals surface area contributed by atoms with Gasteiger partial charge in [0.15, 0.2) is 0 Å². The Hall–Kier alpha value is -1.30. The van der Waals surface area contributed by atoms with Gasteiger partial charge in [-0.1, -0.05) is 69.7 Å². The monoisotopic (exact) mass is 226 g/mol. The largest absolute Gasteiger partial charge is 0.0798 e. The molecule has 0 spiro atoms. The molecule has 1 aromatic carbocycles. The van der Waals surface area contributed by atoms with Gasteiger partial charge in [0.2, 0.25) is 0 Å². The van der Waals surface area contributed by atoms with E-state index >= 15 is 0 Å². The molecule has 0 bridgehead atoms. The molecule has 0 radical (unpaired) electrons. The van der Waals surface area contributed by atoms with Gasteiger partial charge in [-0.3, -0.25) is 0 Å². The van der Waals surface area contributed by atoms with Crippen molar-refractivity contribution in [3.8, 4) is 0 Å². The molecule has 17 heavy (non-hydrogen) atoms. The summed E-state index contributed by atoms with van der Waals surface area (Å²) >= 11 is 0. The van der Waals surface area contributed by atoms with Gasteiger partial charge in [-0.05, 0) is 34.9 Å². The first-order chi connectivity index (χ1) is 8.08. The summed E-state index contributed by atoms with van der Waals surface area (Å²) in [4.78, 5) is 0. The highest BCUT2D eigenvalue weighted by molar-refractivity contribution is 5.70. The molecular weight excluding hydrogens is 204 g/mol. The fraction of sp³-hybridized carbons (Fsp3) is 0.412. The van der Waals surface area contributed by atoms with Crippen molar-refractivity contribution in [2.45, 2.75) is 40.0 Å². The third kappa shape index (κ3) is 2.69. The van der Waals surface area contributed by atoms with Gasteiger partial charge < -0.3 is 0 Å². The quantitative estimate of drug-likeness (QED) is 0.644. The van der Waals surface area contributed by atoms with E-state index in [-0.39, 0.29) is 0 Å². The standard InChI is InChI=1S/C17H22/c1-12(2)15-7-5-6-14-8-9-16(13(3)4)11-17(14)10-15/h5-6,8-13H,7H2,1-4H3. The van der Waals surface area contributed by atoms with E-state index in [1.807, 2.05) is 0 Å². The van der Waals surface area contributed by atoms with Crippen LogP contribution >= 0.6 is 0 Å². The van der Waals surface area contributed by atoms with Gasteiger partial charge in [-0.25, -0.2) is 0 Å². The van der Waals surface area contributed by atoms with Gasteiger partial charge in [-0.15, -0.1) is 0 Å². The number of allylic oxidation sites excluding steroid dienone is 2. The van der Waals surface area contributed by atoms with E-state index in [9.17, 15) is 0 Å². The molecule has 1 aliphatic rings. The van der Waals surface area contributed by atoms with Gasteiger partial charge in [0.05, 0.1) is 0 Å². The van der Waals surface area contributed by atoms with Gasteiger partial charge in [0.25, 0.3) is 0 Å². The van der Waals surface area contributed by atoms with Crippen LogP contribution in [-0.4, -0.2) is 0 Å². The zero-order chi connectivity index (χ0) is 12.4. The minimum Gasteiger partial charge on any atom is -0.0798 e. The van der Waals surface area contributed by atoms with Crippen molar-refractivity contribution < 1.29 is 0 Å². The fourth-order valence-corrected chi connectivity index (χ4v) is 2.21. The Morgan fingerprint density at radius 2 is 1.71 bits per heavy atom. The number of benzene rings is 1. The predicted molar refractivity (Wildman–Crippen MR) is 77.0 cm³/mol. The minimum absolute atomic E-state index is 0.600. The van der Waals surface area contributed by atoms with Crippen molar-refractivity contribution in [1.29, 1.82) is 0 Å². The van der Waals surface area contributed by atoms with Gasteiger partial charge >= 0.3 is 0 Å². The zero-order valence-corrected chi connectivity index (χ0v) is 11.3. The molecule has 0 aliphatic heterocycles. The highest BCUT2D eigenvalue weighted by Crippen LogP contribution is 2.28. The first-order valence-electron chi connectivity index (χ1n) is 6.59. The molecule has 0 aromatic heterocycles. The Morgan fingerprint density at radius 3 is 2.35 bits per heavy atom. The molecule has 0 atom stereocenters. The molecule has 0 saturated heterocycles. The maximum Gasteiger partial charge on any atom is -0.0130 e. The second-order valence-electron chi connectivity index (χ2n) is 5.52. The summed E-state index contributed by atoms with van der Waals surface area (Å²) in [6, 6.07) is 6.85. The lowest BCUT2D eigenvalue weighted by Gasteiger charge is -2.11. The SMILES string of the molecule is CC(C)C1=Cc2cc(C(C)C)ccc2C=CC1. The Morgan fingerprint density at radius 1 is 0.941 bits per heavy atom. The van der Waals surface area contributed by atoms with Crippen molar-refractivity contribution in [2.24, 2.45) is 5.92 Å². The summed E-state index contributed by atoms with van der Waals surface area (Å²) in [5.74, 6) is 1.23. The fourth-order valence-electron chi connectivity index (χ4n) is 2.21. The van der Waals surface area contributed by atoms with Crippen molar-refractivity contribution >= 4 is 12.2 Å². The summed E-state index contributed by atoms with van der Waals surface area (Å²) in [6.45, 7) is 9.05. The molecule has 1 aromatic rings. The van der Waals surface area contributed by atoms with Crippen LogP contribution < -0.4 is 0 Å². The van der Waals surface area contributed by atoms with E-state index in [0.717, 1.165) is 6.42 Å². The van der Waals surface area contributed by atoms with Gasteiger partial charge in [0.1, 0.15) is 0 Å². The van der Waals surface area contributed by atoms with Crippen LogP contribution in [0.1, 0.15) is 56.7 Å². The third-order valence-electron chi connectivity index (χ3n) is 3.51. The highest BCUT2D eigenvalue weighted by atomic mass is 14.1. The molecule has 0 N–H and O–H groups in total. The minimum atomic E-state index is 0.600. The van der Waals surface area contributed by atoms with E-state index in [2.05, 4.69) is 64.1 Å². The van der Waals surface area contributed by atoms with Crippen molar-refractivity contribution in [3.63, 3.8) is 0 Å². The third-order valence-corrected chi connectivity index (χ3v) is 3.51. The summed E-state index contributed by atoms with van der Waals surface area (Å²) in [7, 11) is 0. The number of hydrogen-bond acceptors (Lipinski definition) is 0. The lowest BCUT2D eigenvalue weighted by molar-refractivity contribution is 0.755. The van der Waals surface area contributed by atoms with E-state index in [4.69, 9.17) is 0 Å². The average molecular weight is 226 g/mol. The topological polar surface area (TPSA) is 0 Å². The van der Waals surface area contributed by atoms with Crippen LogP contribution in [0.25, 0.3) is 12.2 Å². The summed E-state index contributed by atoms with van der Waals surface area (Å²) in [5.41, 5.74) is 5.69. The van der Waals surface area contributed by atoms with Crippen LogP contribution in [0.4, 0.5) is 0 Å². The van der Waals surface area contributed by atoms with E-state index < -0.39 is 0 Å². The van der Waals surface area contributed by atoms with Crippen molar-refractivity contribution in [2.75, 3.05) is 0 Å². The van der Waals surface area contributed by atoms with Crippen molar-refractivity contribution in [3.05, 3.63) is 46.5 Å². The lowest BCUT2D eigenvalue weighted by Crippen LogP contribution is -1.93. The molecule has 0 unspecified atom stereocenters. The molecule has 1 aliphatic carbocycles. The molecule has 90 valence electrons. The van der Waals surface area contributed by atoms with Crippen molar-refractivity contribution in [1.82, 2.24) is 0 Å². The predicted octanol–water partition coefficient (Wildman–Crippen LogP) is 5.27. The molecule has 2 rings (SSSR count). The maximum absolute atomic E-state index is 2.38. The Bertz CT molecular complexity index is 459. The van der Waals surface area contributed by atoms with E-state index in [1.165, 1.54) is 22.3 Å². The maximum atomic E-state index is 2.38. The van der Waals surface area contributed by atoms with Crippen LogP contribution in [0.5, 0.6) is 0 Å². The molecule has 0 heteroatoms.